The summed E-state index contributed by atoms with van der Waals surface area (Å²) in [4.78, 5) is 22.6. The molecule has 1 aromatic carbocycles. The van der Waals surface area contributed by atoms with Crippen LogP contribution in [0.25, 0.3) is 0 Å². The van der Waals surface area contributed by atoms with Gasteiger partial charge in [-0.25, -0.2) is 9.59 Å². The van der Waals surface area contributed by atoms with E-state index in [1.807, 2.05) is 37.3 Å². The predicted molar refractivity (Wildman–Crippen MR) is 72.8 cm³/mol. The van der Waals surface area contributed by atoms with Crippen molar-refractivity contribution in [3.8, 4) is 0 Å². The number of hydrogen-bond acceptors (Lipinski definition) is 2. The first kappa shape index (κ1) is 14.8. The van der Waals surface area contributed by atoms with Gasteiger partial charge in [0.2, 0.25) is 0 Å². The maximum absolute atomic E-state index is 11.7. The summed E-state index contributed by atoms with van der Waals surface area (Å²) in [7, 11) is 0. The third kappa shape index (κ3) is 4.83. The molecule has 5 nitrogen and oxygen atoms in total. The third-order valence-corrected chi connectivity index (χ3v) is 2.65. The summed E-state index contributed by atoms with van der Waals surface area (Å²) < 4.78 is 0. The van der Waals surface area contributed by atoms with Gasteiger partial charge in [-0.2, -0.15) is 0 Å². The minimum absolute atomic E-state index is 0.183. The van der Waals surface area contributed by atoms with Gasteiger partial charge in [-0.1, -0.05) is 36.4 Å². The Morgan fingerprint density at radius 2 is 1.95 bits per heavy atom. The quantitative estimate of drug-likeness (QED) is 0.687. The molecule has 0 aromatic heterocycles. The highest BCUT2D eigenvalue weighted by Crippen LogP contribution is 2.10. The van der Waals surface area contributed by atoms with Crippen LogP contribution in [0, 0.1) is 0 Å². The van der Waals surface area contributed by atoms with E-state index in [1.165, 1.54) is 6.08 Å². The van der Waals surface area contributed by atoms with Crippen LogP contribution in [-0.2, 0) is 4.79 Å². The zero-order valence-corrected chi connectivity index (χ0v) is 10.8. The molecular weight excluding hydrogens is 244 g/mol. The van der Waals surface area contributed by atoms with Gasteiger partial charge in [0.15, 0.2) is 0 Å². The second-order valence-corrected chi connectivity index (χ2v) is 4.17. The molecule has 0 aliphatic carbocycles. The molecule has 0 saturated heterocycles. The van der Waals surface area contributed by atoms with Gasteiger partial charge in [0.05, 0.1) is 6.04 Å². The Bertz CT molecular complexity index is 445. The Labute approximate surface area is 112 Å². The summed E-state index contributed by atoms with van der Waals surface area (Å²) in [6.07, 6.45) is 1.64. The van der Waals surface area contributed by atoms with E-state index in [2.05, 4.69) is 17.2 Å². The highest BCUT2D eigenvalue weighted by molar-refractivity contribution is 5.82. The summed E-state index contributed by atoms with van der Waals surface area (Å²) >= 11 is 0. The lowest BCUT2D eigenvalue weighted by molar-refractivity contribution is -0.139. The number of carbonyl (C=O) groups is 2. The average molecular weight is 262 g/mol. The van der Waals surface area contributed by atoms with Crippen molar-refractivity contribution in [1.29, 1.82) is 0 Å². The summed E-state index contributed by atoms with van der Waals surface area (Å²) in [5, 5.41) is 14.0. The van der Waals surface area contributed by atoms with Crippen molar-refractivity contribution in [2.24, 2.45) is 0 Å². The Morgan fingerprint density at radius 3 is 2.47 bits per heavy atom. The minimum Gasteiger partial charge on any atom is -0.480 e. The van der Waals surface area contributed by atoms with Gasteiger partial charge in [0.1, 0.15) is 6.04 Å². The fourth-order valence-electron chi connectivity index (χ4n) is 1.61. The lowest BCUT2D eigenvalue weighted by Crippen LogP contribution is -2.46. The van der Waals surface area contributed by atoms with Crippen LogP contribution in [0.2, 0.25) is 0 Å². The first-order chi connectivity index (χ1) is 9.04. The first-order valence-electron chi connectivity index (χ1n) is 6.00. The molecule has 0 aliphatic heterocycles. The van der Waals surface area contributed by atoms with E-state index < -0.39 is 18.0 Å². The van der Waals surface area contributed by atoms with Gasteiger partial charge >= 0.3 is 12.0 Å². The molecule has 2 unspecified atom stereocenters. The van der Waals surface area contributed by atoms with Gasteiger partial charge in [-0.05, 0) is 18.9 Å². The zero-order valence-electron chi connectivity index (χ0n) is 10.8. The van der Waals surface area contributed by atoms with E-state index in [9.17, 15) is 9.59 Å². The molecule has 0 radical (unpaired) electrons. The summed E-state index contributed by atoms with van der Waals surface area (Å²) in [5.74, 6) is -1.08. The van der Waals surface area contributed by atoms with Crippen molar-refractivity contribution in [2.75, 3.05) is 0 Å². The summed E-state index contributed by atoms with van der Waals surface area (Å²) in [6, 6.07) is 7.77. The minimum atomic E-state index is -1.08. The number of amides is 2. The van der Waals surface area contributed by atoms with Crippen LogP contribution in [0.1, 0.15) is 24.9 Å². The van der Waals surface area contributed by atoms with Crippen LogP contribution >= 0.6 is 0 Å². The van der Waals surface area contributed by atoms with Gasteiger partial charge < -0.3 is 15.7 Å². The largest absolute Gasteiger partial charge is 0.480 e. The molecule has 19 heavy (non-hydrogen) atoms. The number of urea groups is 1. The van der Waals surface area contributed by atoms with Gasteiger partial charge in [0.25, 0.3) is 0 Å². The Kier molecular flexibility index (Phi) is 5.60. The molecule has 3 N–H and O–H groups in total. The van der Waals surface area contributed by atoms with Crippen molar-refractivity contribution in [3.05, 3.63) is 48.6 Å². The Hall–Kier alpha value is -2.30. The molecule has 0 spiro atoms. The van der Waals surface area contributed by atoms with E-state index >= 15 is 0 Å². The lowest BCUT2D eigenvalue weighted by Gasteiger charge is -2.17. The monoisotopic (exact) mass is 262 g/mol. The van der Waals surface area contributed by atoms with Crippen molar-refractivity contribution < 1.29 is 14.7 Å². The normalized spacial score (nSPS) is 13.1. The van der Waals surface area contributed by atoms with Crippen LogP contribution < -0.4 is 10.6 Å². The topological polar surface area (TPSA) is 78.4 Å². The third-order valence-electron chi connectivity index (χ3n) is 2.65. The van der Waals surface area contributed by atoms with Gasteiger partial charge in [-0.15, -0.1) is 6.58 Å². The molecule has 0 saturated carbocycles. The Morgan fingerprint density at radius 1 is 1.32 bits per heavy atom. The maximum Gasteiger partial charge on any atom is 0.326 e. The molecule has 0 fully saturated rings. The summed E-state index contributed by atoms with van der Waals surface area (Å²) in [5.41, 5.74) is 0.952. The van der Waals surface area contributed by atoms with Crippen LogP contribution in [0.5, 0.6) is 0 Å². The van der Waals surface area contributed by atoms with Crippen LogP contribution in [0.3, 0.4) is 0 Å². The van der Waals surface area contributed by atoms with Crippen molar-refractivity contribution in [3.63, 3.8) is 0 Å². The highest BCUT2D eigenvalue weighted by Gasteiger charge is 2.19. The Balaban J connectivity index is 2.55. The molecule has 0 bridgehead atoms. The molecule has 1 rings (SSSR count). The number of nitrogens with one attached hydrogen (secondary N) is 2. The number of carbonyl (C=O) groups excluding carboxylic acids is 1. The predicted octanol–water partition coefficient (Wildman–Crippen LogP) is 2.08. The van der Waals surface area contributed by atoms with E-state index in [-0.39, 0.29) is 12.5 Å². The van der Waals surface area contributed by atoms with Crippen LogP contribution in [-0.4, -0.2) is 23.1 Å². The van der Waals surface area contributed by atoms with Crippen LogP contribution in [0.4, 0.5) is 4.79 Å². The molecule has 5 heteroatoms. The SMILES string of the molecule is C=CCC(NC(=O)NC(C)c1ccccc1)C(=O)O. The molecular formula is C14H18N2O3. The fourth-order valence-corrected chi connectivity index (χ4v) is 1.61. The molecule has 0 heterocycles. The molecule has 1 aromatic rings. The number of carboxylic acid groups (broad SMARTS) is 1. The van der Waals surface area contributed by atoms with Crippen molar-refractivity contribution in [2.45, 2.75) is 25.4 Å². The first-order valence-corrected chi connectivity index (χ1v) is 6.00. The standard InChI is InChI=1S/C14H18N2O3/c1-3-7-12(13(17)18)16-14(19)15-10(2)11-8-5-4-6-9-11/h3-6,8-10,12H,1,7H2,2H3,(H,17,18)(H2,15,16,19). The second-order valence-electron chi connectivity index (χ2n) is 4.17. The number of carboxylic acids is 1. The maximum atomic E-state index is 11.7. The van der Waals surface area contributed by atoms with Crippen LogP contribution in [0.15, 0.2) is 43.0 Å². The van der Waals surface area contributed by atoms with Crippen molar-refractivity contribution >= 4 is 12.0 Å². The van der Waals surface area contributed by atoms with E-state index in [1.54, 1.807) is 0 Å². The molecule has 2 amide bonds. The molecule has 102 valence electrons. The lowest BCUT2D eigenvalue weighted by atomic mass is 10.1. The smallest absolute Gasteiger partial charge is 0.326 e. The highest BCUT2D eigenvalue weighted by atomic mass is 16.4. The second kappa shape index (κ2) is 7.20. The van der Waals surface area contributed by atoms with E-state index in [0.717, 1.165) is 5.56 Å². The van der Waals surface area contributed by atoms with Gasteiger partial charge in [0, 0.05) is 0 Å². The zero-order chi connectivity index (χ0) is 14.3. The summed E-state index contributed by atoms with van der Waals surface area (Å²) in [6.45, 7) is 5.30. The fraction of sp³-hybridized carbons (Fsp3) is 0.286. The number of rotatable bonds is 6. The number of aliphatic carboxylic acids is 1. The van der Waals surface area contributed by atoms with E-state index in [4.69, 9.17) is 5.11 Å². The molecule has 0 aliphatic rings. The molecule has 2 atom stereocenters. The number of hydrogen-bond donors (Lipinski definition) is 3. The number of benzene rings is 1. The van der Waals surface area contributed by atoms with Gasteiger partial charge in [-0.3, -0.25) is 0 Å². The van der Waals surface area contributed by atoms with E-state index in [0.29, 0.717) is 0 Å². The average Bonchev–Trinajstić information content (AvgIpc) is 2.39. The van der Waals surface area contributed by atoms with Crippen molar-refractivity contribution in [1.82, 2.24) is 10.6 Å².